The molecule has 7 heteroatoms. The van der Waals surface area contributed by atoms with E-state index >= 15 is 0 Å². The van der Waals surface area contributed by atoms with Crippen LogP contribution in [0.15, 0.2) is 59.4 Å². The Labute approximate surface area is 165 Å². The minimum atomic E-state index is -0.678. The van der Waals surface area contributed by atoms with Gasteiger partial charge >= 0.3 is 0 Å². The SMILES string of the molecule is O[C@H](COCc1ccccc1Cl)Cn1c(-c2cscn2)nc2ccccc21. The van der Waals surface area contributed by atoms with E-state index < -0.39 is 6.10 Å². The van der Waals surface area contributed by atoms with Gasteiger partial charge in [-0.25, -0.2) is 9.97 Å². The number of aromatic nitrogens is 3. The van der Waals surface area contributed by atoms with Gasteiger partial charge in [0.1, 0.15) is 5.69 Å². The third-order valence-electron chi connectivity index (χ3n) is 4.23. The second kappa shape index (κ2) is 8.19. The number of fused-ring (bicyclic) bond motifs is 1. The molecule has 0 aliphatic rings. The first-order valence-electron chi connectivity index (χ1n) is 8.55. The first-order valence-corrected chi connectivity index (χ1v) is 9.87. The molecule has 138 valence electrons. The average molecular weight is 400 g/mol. The lowest BCUT2D eigenvalue weighted by Gasteiger charge is -2.15. The molecule has 1 N–H and O–H groups in total. The van der Waals surface area contributed by atoms with Gasteiger partial charge in [-0.15, -0.1) is 11.3 Å². The van der Waals surface area contributed by atoms with Crippen LogP contribution in [0.4, 0.5) is 0 Å². The molecule has 2 aromatic carbocycles. The second-order valence-electron chi connectivity index (χ2n) is 6.17. The Balaban J connectivity index is 1.49. The fourth-order valence-electron chi connectivity index (χ4n) is 2.96. The Hall–Kier alpha value is -2.25. The summed E-state index contributed by atoms with van der Waals surface area (Å²) in [6, 6.07) is 15.4. The number of hydrogen-bond donors (Lipinski definition) is 1. The summed E-state index contributed by atoms with van der Waals surface area (Å²) in [4.78, 5) is 9.05. The molecule has 0 amide bonds. The van der Waals surface area contributed by atoms with Gasteiger partial charge in [0.2, 0.25) is 0 Å². The summed E-state index contributed by atoms with van der Waals surface area (Å²) in [5.74, 6) is 0.752. The van der Waals surface area contributed by atoms with E-state index in [1.807, 2.05) is 58.5 Å². The zero-order chi connectivity index (χ0) is 18.6. The van der Waals surface area contributed by atoms with Crippen molar-refractivity contribution in [3.05, 3.63) is 70.0 Å². The van der Waals surface area contributed by atoms with Crippen molar-refractivity contribution in [2.75, 3.05) is 6.61 Å². The van der Waals surface area contributed by atoms with E-state index in [9.17, 15) is 5.11 Å². The molecule has 0 saturated heterocycles. The third-order valence-corrected chi connectivity index (χ3v) is 5.19. The molecule has 4 rings (SSSR count). The minimum absolute atomic E-state index is 0.203. The number of para-hydroxylation sites is 2. The van der Waals surface area contributed by atoms with Crippen LogP contribution in [0.5, 0.6) is 0 Å². The molecule has 4 aromatic rings. The van der Waals surface area contributed by atoms with Crippen molar-refractivity contribution in [3.8, 4) is 11.5 Å². The number of aliphatic hydroxyl groups excluding tert-OH is 1. The number of rotatable bonds is 7. The Kier molecular flexibility index (Phi) is 5.50. The summed E-state index contributed by atoms with van der Waals surface area (Å²) >= 11 is 7.66. The number of aliphatic hydroxyl groups is 1. The summed E-state index contributed by atoms with van der Waals surface area (Å²) in [6.45, 7) is 0.935. The summed E-state index contributed by atoms with van der Waals surface area (Å²) in [5.41, 5.74) is 5.33. The molecule has 0 aliphatic heterocycles. The van der Waals surface area contributed by atoms with Crippen molar-refractivity contribution in [3.63, 3.8) is 0 Å². The maximum atomic E-state index is 10.5. The minimum Gasteiger partial charge on any atom is -0.389 e. The van der Waals surface area contributed by atoms with Gasteiger partial charge < -0.3 is 14.4 Å². The van der Waals surface area contributed by atoms with Gasteiger partial charge in [0.15, 0.2) is 5.82 Å². The van der Waals surface area contributed by atoms with Crippen LogP contribution in [0.2, 0.25) is 5.02 Å². The average Bonchev–Trinajstić information content (AvgIpc) is 3.32. The molecule has 5 nitrogen and oxygen atoms in total. The van der Waals surface area contributed by atoms with Crippen molar-refractivity contribution >= 4 is 34.0 Å². The number of thiazole rings is 1. The van der Waals surface area contributed by atoms with E-state index in [1.54, 1.807) is 5.51 Å². The number of halogens is 1. The highest BCUT2D eigenvalue weighted by Gasteiger charge is 2.17. The molecule has 0 aliphatic carbocycles. The van der Waals surface area contributed by atoms with Gasteiger partial charge in [0, 0.05) is 10.4 Å². The molecule has 0 radical (unpaired) electrons. The van der Waals surface area contributed by atoms with E-state index in [0.29, 0.717) is 18.2 Å². The Morgan fingerprint density at radius 1 is 1.15 bits per heavy atom. The summed E-state index contributed by atoms with van der Waals surface area (Å²) in [5, 5.41) is 13.1. The molecular weight excluding hydrogens is 382 g/mol. The number of ether oxygens (including phenoxy) is 1. The third kappa shape index (κ3) is 4.04. The van der Waals surface area contributed by atoms with Crippen LogP contribution < -0.4 is 0 Å². The highest BCUT2D eigenvalue weighted by atomic mass is 35.5. The fourth-order valence-corrected chi connectivity index (χ4v) is 3.68. The monoisotopic (exact) mass is 399 g/mol. The lowest BCUT2D eigenvalue weighted by molar-refractivity contribution is 0.0211. The Bertz CT molecular complexity index is 1030. The highest BCUT2D eigenvalue weighted by molar-refractivity contribution is 7.07. The van der Waals surface area contributed by atoms with Gasteiger partial charge in [-0.2, -0.15) is 0 Å². The molecule has 0 fully saturated rings. The van der Waals surface area contributed by atoms with Crippen molar-refractivity contribution in [1.29, 1.82) is 0 Å². The van der Waals surface area contributed by atoms with Gasteiger partial charge in [-0.05, 0) is 23.8 Å². The maximum absolute atomic E-state index is 10.5. The highest BCUT2D eigenvalue weighted by Crippen LogP contribution is 2.25. The lowest BCUT2D eigenvalue weighted by Crippen LogP contribution is -2.22. The Morgan fingerprint density at radius 2 is 1.96 bits per heavy atom. The summed E-state index contributed by atoms with van der Waals surface area (Å²) < 4.78 is 7.67. The largest absolute Gasteiger partial charge is 0.389 e. The van der Waals surface area contributed by atoms with Gasteiger partial charge in [-0.1, -0.05) is 41.9 Å². The smallest absolute Gasteiger partial charge is 0.160 e. The Morgan fingerprint density at radius 3 is 2.78 bits per heavy atom. The van der Waals surface area contributed by atoms with Crippen molar-refractivity contribution < 1.29 is 9.84 Å². The van der Waals surface area contributed by atoms with Gasteiger partial charge in [0.05, 0.1) is 42.4 Å². The first kappa shape index (κ1) is 18.1. The second-order valence-corrected chi connectivity index (χ2v) is 7.29. The van der Waals surface area contributed by atoms with Crippen LogP contribution in [0.25, 0.3) is 22.6 Å². The number of hydrogen-bond acceptors (Lipinski definition) is 5. The van der Waals surface area contributed by atoms with Gasteiger partial charge in [0.25, 0.3) is 0 Å². The predicted molar refractivity (Wildman–Crippen MR) is 108 cm³/mol. The van der Waals surface area contributed by atoms with Crippen LogP contribution >= 0.6 is 22.9 Å². The maximum Gasteiger partial charge on any atom is 0.160 e. The van der Waals surface area contributed by atoms with E-state index in [2.05, 4.69) is 9.97 Å². The van der Waals surface area contributed by atoms with E-state index in [-0.39, 0.29) is 6.61 Å². The predicted octanol–water partition coefficient (Wildman–Crippen LogP) is 4.39. The normalized spacial score (nSPS) is 12.5. The zero-order valence-corrected chi connectivity index (χ0v) is 16.0. The lowest BCUT2D eigenvalue weighted by atomic mass is 10.2. The van der Waals surface area contributed by atoms with Crippen LogP contribution in [-0.4, -0.2) is 32.4 Å². The van der Waals surface area contributed by atoms with Crippen LogP contribution in [0.1, 0.15) is 5.56 Å². The van der Waals surface area contributed by atoms with E-state index in [4.69, 9.17) is 16.3 Å². The van der Waals surface area contributed by atoms with E-state index in [1.165, 1.54) is 11.3 Å². The number of benzene rings is 2. The summed E-state index contributed by atoms with van der Waals surface area (Å²) in [7, 11) is 0. The van der Waals surface area contributed by atoms with Gasteiger partial charge in [-0.3, -0.25) is 0 Å². The molecule has 0 bridgehead atoms. The van der Waals surface area contributed by atoms with Crippen molar-refractivity contribution in [2.45, 2.75) is 19.3 Å². The van der Waals surface area contributed by atoms with E-state index in [0.717, 1.165) is 28.1 Å². The zero-order valence-electron chi connectivity index (χ0n) is 14.5. The van der Waals surface area contributed by atoms with Crippen LogP contribution in [-0.2, 0) is 17.9 Å². The standard InChI is InChI=1S/C20H18ClN3O2S/c21-16-6-2-1-5-14(16)10-26-11-15(25)9-24-19-8-4-3-7-17(19)23-20(24)18-12-27-13-22-18/h1-8,12-13,15,25H,9-11H2/t15-/m0/s1. The molecular formula is C20H18ClN3O2S. The summed E-state index contributed by atoms with van der Waals surface area (Å²) in [6.07, 6.45) is -0.678. The fraction of sp³-hybridized carbons (Fsp3) is 0.200. The quantitative estimate of drug-likeness (QED) is 0.500. The molecule has 27 heavy (non-hydrogen) atoms. The molecule has 0 spiro atoms. The molecule has 1 atom stereocenters. The number of nitrogens with zero attached hydrogens (tertiary/aromatic N) is 3. The topological polar surface area (TPSA) is 60.2 Å². The van der Waals surface area contributed by atoms with Crippen LogP contribution in [0, 0.1) is 0 Å². The number of imidazole rings is 1. The molecule has 0 unspecified atom stereocenters. The molecule has 2 heterocycles. The molecule has 2 aromatic heterocycles. The van der Waals surface area contributed by atoms with Crippen molar-refractivity contribution in [1.82, 2.24) is 14.5 Å². The first-order chi connectivity index (χ1) is 13.2. The molecule has 0 saturated carbocycles. The van der Waals surface area contributed by atoms with Crippen LogP contribution in [0.3, 0.4) is 0 Å². The van der Waals surface area contributed by atoms with Crippen molar-refractivity contribution in [2.24, 2.45) is 0 Å².